The molecule has 2 heterocycles. The maximum absolute atomic E-state index is 2.73. The maximum atomic E-state index is 2.73. The Kier molecular flexibility index (Phi) is 7.96. The Morgan fingerprint density at radius 3 is 1.80 bits per heavy atom. The van der Waals surface area contributed by atoms with E-state index in [1.165, 1.54) is 135 Å². The van der Waals surface area contributed by atoms with Crippen molar-refractivity contribution < 1.29 is 0 Å². The fourth-order valence-corrected chi connectivity index (χ4v) is 13.7. The third-order valence-electron chi connectivity index (χ3n) is 17.3. The molecule has 2 nitrogen and oxygen atoms in total. The predicted molar refractivity (Wildman–Crippen MR) is 254 cm³/mol. The van der Waals surface area contributed by atoms with E-state index >= 15 is 0 Å². The molecule has 6 aliphatic rings. The number of hydrogen-bond acceptors (Lipinski definition) is 2. The van der Waals surface area contributed by atoms with Crippen LogP contribution in [0, 0.1) is 10.8 Å². The lowest BCUT2D eigenvalue weighted by molar-refractivity contribution is 0.0862. The van der Waals surface area contributed by atoms with Crippen LogP contribution in [0.4, 0.5) is 22.7 Å². The molecule has 2 aliphatic heterocycles. The molecule has 4 aliphatic carbocycles. The summed E-state index contributed by atoms with van der Waals surface area (Å²) in [5.74, 6) is 0.237. The second-order valence-electron chi connectivity index (χ2n) is 20.4. The Morgan fingerprint density at radius 2 is 1.15 bits per heavy atom. The molecule has 0 spiro atoms. The number of benzene rings is 6. The Bertz CT molecular complexity index is 2780. The highest BCUT2D eigenvalue weighted by Gasteiger charge is 2.55. The largest absolute Gasteiger partial charge is 0.335 e. The van der Waals surface area contributed by atoms with Crippen molar-refractivity contribution >= 4 is 45.2 Å². The summed E-state index contributed by atoms with van der Waals surface area (Å²) in [4.78, 5) is 5.46. The van der Waals surface area contributed by atoms with Gasteiger partial charge in [0.25, 0.3) is 0 Å². The minimum Gasteiger partial charge on any atom is -0.335 e. The average Bonchev–Trinajstić information content (AvgIpc) is 3.27. The maximum Gasteiger partial charge on any atom is 0.0480 e. The average molecular weight is 783 g/mol. The summed E-state index contributed by atoms with van der Waals surface area (Å²) in [7, 11) is 0. The summed E-state index contributed by atoms with van der Waals surface area (Å²) < 4.78 is 0. The number of hydrogen-bond donors (Lipinski definition) is 0. The molecule has 0 aromatic heterocycles. The van der Waals surface area contributed by atoms with Gasteiger partial charge in [0.1, 0.15) is 0 Å². The molecule has 6 aromatic rings. The van der Waals surface area contributed by atoms with Gasteiger partial charge in [-0.05, 0) is 173 Å². The zero-order valence-corrected chi connectivity index (χ0v) is 36.0. The lowest BCUT2D eigenvalue weighted by Crippen LogP contribution is -2.60. The van der Waals surface area contributed by atoms with Gasteiger partial charge in [-0.15, -0.1) is 0 Å². The minimum atomic E-state index is 0.0894. The van der Waals surface area contributed by atoms with Gasteiger partial charge >= 0.3 is 0 Å². The van der Waals surface area contributed by atoms with Crippen LogP contribution in [0.25, 0.3) is 33.5 Å². The van der Waals surface area contributed by atoms with Gasteiger partial charge in [0.05, 0.1) is 0 Å². The summed E-state index contributed by atoms with van der Waals surface area (Å²) in [6.07, 6.45) is 21.0. The lowest BCUT2D eigenvalue weighted by Gasteiger charge is -2.60. The monoisotopic (exact) mass is 782 g/mol. The Balaban J connectivity index is 0.946. The zero-order chi connectivity index (χ0) is 40.4. The number of para-hydroxylation sites is 2. The third kappa shape index (κ3) is 5.06. The van der Waals surface area contributed by atoms with Crippen LogP contribution in [0.5, 0.6) is 0 Å². The molecule has 0 bridgehead atoms. The summed E-state index contributed by atoms with van der Waals surface area (Å²) in [5, 5.41) is 2.86. The number of anilines is 4. The standard InChI is InChI=1S/C58H58N2/c1-55-31-11-13-33-57(55,3)59(45-15-7-5-8-16-45)51-29-23-41(35-43(51)37-55)47-25-19-39-22-28-50-48(26-20-40-21-27-49(47)53(39)54(40)50)42-24-30-52-44(36-42)38-56(2)32-12-14-34-58(56,4)60(52)46-17-9-6-10-18-46/h5-10,15-21,23-30,35-36,48H,11-14,22,31-34,37-38H2,1-4H3. The van der Waals surface area contributed by atoms with E-state index in [1.807, 2.05) is 0 Å². The van der Waals surface area contributed by atoms with Gasteiger partial charge in [-0.25, -0.2) is 0 Å². The molecule has 6 aromatic carbocycles. The van der Waals surface area contributed by atoms with E-state index in [4.69, 9.17) is 0 Å². The molecule has 0 amide bonds. The van der Waals surface area contributed by atoms with E-state index in [9.17, 15) is 0 Å². The van der Waals surface area contributed by atoms with Gasteiger partial charge in [0.2, 0.25) is 0 Å². The second kappa shape index (κ2) is 13.1. The summed E-state index contributed by atoms with van der Waals surface area (Å²) in [5.41, 5.74) is 18.9. The van der Waals surface area contributed by atoms with Crippen molar-refractivity contribution in [2.24, 2.45) is 10.8 Å². The van der Waals surface area contributed by atoms with Crippen LogP contribution in [0.1, 0.15) is 118 Å². The van der Waals surface area contributed by atoms with Crippen molar-refractivity contribution in [2.75, 3.05) is 9.80 Å². The van der Waals surface area contributed by atoms with Gasteiger partial charge in [-0.3, -0.25) is 0 Å². The predicted octanol–water partition coefficient (Wildman–Crippen LogP) is 15.3. The van der Waals surface area contributed by atoms with E-state index in [1.54, 1.807) is 0 Å². The van der Waals surface area contributed by atoms with Crippen LogP contribution in [-0.2, 0) is 19.3 Å². The first-order valence-corrected chi connectivity index (χ1v) is 23.1. The van der Waals surface area contributed by atoms with Crippen LogP contribution in [0.15, 0.2) is 133 Å². The van der Waals surface area contributed by atoms with Crippen LogP contribution in [0.3, 0.4) is 0 Å². The molecule has 0 saturated heterocycles. The molecule has 5 unspecified atom stereocenters. The van der Waals surface area contributed by atoms with E-state index in [0.29, 0.717) is 0 Å². The van der Waals surface area contributed by atoms with Gasteiger partial charge in [-0.2, -0.15) is 0 Å². The molecule has 0 radical (unpaired) electrons. The first-order chi connectivity index (χ1) is 29.2. The molecule has 12 rings (SSSR count). The van der Waals surface area contributed by atoms with Crippen LogP contribution in [0.2, 0.25) is 0 Å². The molecule has 2 saturated carbocycles. The van der Waals surface area contributed by atoms with Gasteiger partial charge < -0.3 is 9.80 Å². The highest BCUT2D eigenvalue weighted by molar-refractivity contribution is 6.09. The second-order valence-corrected chi connectivity index (χ2v) is 20.4. The van der Waals surface area contributed by atoms with E-state index in [2.05, 4.69) is 177 Å². The first-order valence-electron chi connectivity index (χ1n) is 23.1. The summed E-state index contributed by atoms with van der Waals surface area (Å²) in [6.45, 7) is 10.3. The number of allylic oxidation sites excluding steroid dienone is 3. The molecule has 2 heteroatoms. The number of nitrogens with zero attached hydrogens (tertiary/aromatic N) is 2. The molecular formula is C58H58N2. The van der Waals surface area contributed by atoms with Gasteiger partial charge in [0, 0.05) is 39.7 Å². The quantitative estimate of drug-likeness (QED) is 0.176. The van der Waals surface area contributed by atoms with Gasteiger partial charge in [0.15, 0.2) is 0 Å². The normalized spacial score (nSPS) is 28.7. The summed E-state index contributed by atoms with van der Waals surface area (Å²) >= 11 is 0. The molecule has 2 fully saturated rings. The van der Waals surface area contributed by atoms with Crippen molar-refractivity contribution in [3.05, 3.63) is 167 Å². The van der Waals surface area contributed by atoms with E-state index in [0.717, 1.165) is 19.3 Å². The van der Waals surface area contributed by atoms with Crippen molar-refractivity contribution in [1.29, 1.82) is 0 Å². The van der Waals surface area contributed by atoms with Crippen molar-refractivity contribution in [2.45, 2.75) is 115 Å². The van der Waals surface area contributed by atoms with Crippen LogP contribution >= 0.6 is 0 Å². The molecular weight excluding hydrogens is 725 g/mol. The number of rotatable bonds is 4. The van der Waals surface area contributed by atoms with Gasteiger partial charge in [-0.1, -0.05) is 137 Å². The van der Waals surface area contributed by atoms with Crippen molar-refractivity contribution in [3.63, 3.8) is 0 Å². The van der Waals surface area contributed by atoms with E-state index in [-0.39, 0.29) is 27.8 Å². The topological polar surface area (TPSA) is 6.48 Å². The SMILES string of the molecule is CC12CCCCC1(C)N(c1ccccc1)c1ccc(-c3ccc4c5c6c(ccc35)C=CC(c3ccc5c(c3)CC3(C)CCCCC3(C)N5c3ccccc3)C6=CC4)cc1C2. The van der Waals surface area contributed by atoms with Crippen molar-refractivity contribution in [1.82, 2.24) is 0 Å². The molecule has 300 valence electrons. The Morgan fingerprint density at radius 1 is 0.550 bits per heavy atom. The van der Waals surface area contributed by atoms with Crippen LogP contribution < -0.4 is 9.80 Å². The highest BCUT2D eigenvalue weighted by Crippen LogP contribution is 2.60. The smallest absolute Gasteiger partial charge is 0.0480 e. The lowest BCUT2D eigenvalue weighted by atomic mass is 9.57. The zero-order valence-electron chi connectivity index (χ0n) is 36.0. The first kappa shape index (κ1) is 36.5. The Labute approximate surface area is 357 Å². The summed E-state index contributed by atoms with van der Waals surface area (Å²) in [6, 6.07) is 47.1. The molecule has 0 N–H and O–H groups in total. The minimum absolute atomic E-state index is 0.0894. The molecule has 60 heavy (non-hydrogen) atoms. The highest BCUT2D eigenvalue weighted by atomic mass is 15.2. The third-order valence-corrected chi connectivity index (χ3v) is 17.3. The Hall–Kier alpha value is -5.34. The van der Waals surface area contributed by atoms with Crippen LogP contribution in [-0.4, -0.2) is 11.1 Å². The fourth-order valence-electron chi connectivity index (χ4n) is 13.7. The van der Waals surface area contributed by atoms with E-state index < -0.39 is 0 Å². The molecule has 5 atom stereocenters. The fraction of sp³-hybridized carbons (Fsp3) is 0.345. The number of fused-ring (bicyclic) bond motifs is 4. The van der Waals surface area contributed by atoms with Crippen molar-refractivity contribution in [3.8, 4) is 11.1 Å².